The maximum atomic E-state index is 12.7. The molecule has 0 unspecified atom stereocenters. The van der Waals surface area contributed by atoms with Gasteiger partial charge in [0, 0.05) is 6.20 Å². The molecule has 0 saturated carbocycles. The van der Waals surface area contributed by atoms with Crippen molar-refractivity contribution in [3.8, 4) is 11.5 Å². The standard InChI is InChI=1S/C14H8F3N3O/c15-14(16,17)8-5-6-18-11(7-8)12-19-10-4-2-1-3-9(10)13(21)20-12/h1-7H,(H,19,20,21). The number of para-hydroxylation sites is 1. The molecule has 0 atom stereocenters. The Morgan fingerprint density at radius 2 is 1.86 bits per heavy atom. The van der Waals surface area contributed by atoms with Crippen LogP contribution in [0.4, 0.5) is 13.2 Å². The molecule has 0 saturated heterocycles. The molecule has 1 aromatic carbocycles. The van der Waals surface area contributed by atoms with E-state index in [1.54, 1.807) is 24.3 Å². The van der Waals surface area contributed by atoms with Crippen molar-refractivity contribution in [2.24, 2.45) is 0 Å². The molecule has 0 bridgehead atoms. The molecule has 0 fully saturated rings. The molecule has 21 heavy (non-hydrogen) atoms. The molecule has 2 aromatic heterocycles. The summed E-state index contributed by atoms with van der Waals surface area (Å²) >= 11 is 0. The number of H-pyrrole nitrogens is 1. The first-order chi connectivity index (χ1) is 9.95. The Bertz CT molecular complexity index is 871. The summed E-state index contributed by atoms with van der Waals surface area (Å²) in [4.78, 5) is 22.3. The van der Waals surface area contributed by atoms with Crippen LogP contribution in [-0.4, -0.2) is 15.0 Å². The van der Waals surface area contributed by atoms with Gasteiger partial charge >= 0.3 is 6.18 Å². The second-order valence-electron chi connectivity index (χ2n) is 4.36. The minimum Gasteiger partial charge on any atom is -0.305 e. The number of aromatic nitrogens is 3. The number of nitrogens with one attached hydrogen (secondary N) is 1. The highest BCUT2D eigenvalue weighted by molar-refractivity contribution is 5.78. The van der Waals surface area contributed by atoms with Crippen molar-refractivity contribution in [1.29, 1.82) is 0 Å². The average molecular weight is 291 g/mol. The van der Waals surface area contributed by atoms with Crippen molar-refractivity contribution in [2.45, 2.75) is 6.18 Å². The highest BCUT2D eigenvalue weighted by Gasteiger charge is 2.31. The van der Waals surface area contributed by atoms with Crippen LogP contribution in [0.2, 0.25) is 0 Å². The Morgan fingerprint density at radius 3 is 2.62 bits per heavy atom. The van der Waals surface area contributed by atoms with Crippen LogP contribution in [-0.2, 0) is 6.18 Å². The van der Waals surface area contributed by atoms with E-state index in [9.17, 15) is 18.0 Å². The molecule has 7 heteroatoms. The van der Waals surface area contributed by atoms with Crippen molar-refractivity contribution in [1.82, 2.24) is 15.0 Å². The lowest BCUT2D eigenvalue weighted by Crippen LogP contribution is -2.11. The van der Waals surface area contributed by atoms with Crippen molar-refractivity contribution < 1.29 is 13.2 Å². The zero-order valence-corrected chi connectivity index (χ0v) is 10.5. The van der Waals surface area contributed by atoms with E-state index >= 15 is 0 Å². The largest absolute Gasteiger partial charge is 0.416 e. The lowest BCUT2D eigenvalue weighted by molar-refractivity contribution is -0.137. The quantitative estimate of drug-likeness (QED) is 0.749. The van der Waals surface area contributed by atoms with Gasteiger partial charge in [0.25, 0.3) is 5.56 Å². The van der Waals surface area contributed by atoms with Gasteiger partial charge in [0.1, 0.15) is 5.69 Å². The molecule has 2 heterocycles. The second-order valence-corrected chi connectivity index (χ2v) is 4.36. The van der Waals surface area contributed by atoms with E-state index in [1.165, 1.54) is 0 Å². The second kappa shape index (κ2) is 4.69. The lowest BCUT2D eigenvalue weighted by Gasteiger charge is -2.08. The van der Waals surface area contributed by atoms with E-state index in [-0.39, 0.29) is 11.5 Å². The van der Waals surface area contributed by atoms with Crippen molar-refractivity contribution in [2.75, 3.05) is 0 Å². The number of pyridine rings is 1. The van der Waals surface area contributed by atoms with E-state index in [1.807, 2.05) is 0 Å². The van der Waals surface area contributed by atoms with E-state index in [2.05, 4.69) is 15.0 Å². The minimum absolute atomic E-state index is 0.00444. The summed E-state index contributed by atoms with van der Waals surface area (Å²) in [7, 11) is 0. The van der Waals surface area contributed by atoms with Gasteiger partial charge in [-0.1, -0.05) is 12.1 Å². The molecule has 0 radical (unpaired) electrons. The van der Waals surface area contributed by atoms with Crippen LogP contribution >= 0.6 is 0 Å². The number of hydrogen-bond acceptors (Lipinski definition) is 3. The number of fused-ring (bicyclic) bond motifs is 1. The van der Waals surface area contributed by atoms with E-state index in [4.69, 9.17) is 0 Å². The van der Waals surface area contributed by atoms with Crippen LogP contribution in [0.25, 0.3) is 22.4 Å². The molecule has 0 aliphatic heterocycles. The summed E-state index contributed by atoms with van der Waals surface area (Å²) in [6, 6.07) is 8.29. The maximum absolute atomic E-state index is 12.7. The fourth-order valence-corrected chi connectivity index (χ4v) is 1.94. The Balaban J connectivity index is 2.19. The zero-order chi connectivity index (χ0) is 15.0. The van der Waals surface area contributed by atoms with Crippen LogP contribution in [0.1, 0.15) is 5.56 Å². The number of aromatic amines is 1. The molecule has 3 aromatic rings. The third-order valence-electron chi connectivity index (χ3n) is 2.94. The number of alkyl halides is 3. The molecule has 0 aliphatic rings. The molecule has 3 rings (SSSR count). The molecule has 4 nitrogen and oxygen atoms in total. The van der Waals surface area contributed by atoms with Crippen LogP contribution in [0.5, 0.6) is 0 Å². The Labute approximate surface area is 116 Å². The lowest BCUT2D eigenvalue weighted by atomic mass is 10.2. The Hall–Kier alpha value is -2.70. The van der Waals surface area contributed by atoms with E-state index in [0.29, 0.717) is 10.9 Å². The summed E-state index contributed by atoms with van der Waals surface area (Å²) in [5.74, 6) is 0.00444. The monoisotopic (exact) mass is 291 g/mol. The van der Waals surface area contributed by atoms with E-state index < -0.39 is 17.3 Å². The molecule has 0 amide bonds. The van der Waals surface area contributed by atoms with Gasteiger partial charge in [0.05, 0.1) is 16.5 Å². The fraction of sp³-hybridized carbons (Fsp3) is 0.0714. The third kappa shape index (κ3) is 2.49. The summed E-state index contributed by atoms with van der Waals surface area (Å²) in [5, 5.41) is 0.369. The number of nitrogens with zero attached hydrogens (tertiary/aromatic N) is 2. The van der Waals surface area contributed by atoms with Gasteiger partial charge in [0.2, 0.25) is 0 Å². The smallest absolute Gasteiger partial charge is 0.305 e. The number of benzene rings is 1. The van der Waals surface area contributed by atoms with Crippen LogP contribution in [0.3, 0.4) is 0 Å². The topological polar surface area (TPSA) is 58.6 Å². The maximum Gasteiger partial charge on any atom is 0.416 e. The first-order valence-electron chi connectivity index (χ1n) is 5.98. The molecule has 0 spiro atoms. The molecule has 1 N–H and O–H groups in total. The number of hydrogen-bond donors (Lipinski definition) is 1. The summed E-state index contributed by atoms with van der Waals surface area (Å²) in [6.07, 6.45) is -3.44. The van der Waals surface area contributed by atoms with Crippen LogP contribution < -0.4 is 5.56 Å². The van der Waals surface area contributed by atoms with Gasteiger partial charge in [-0.25, -0.2) is 4.98 Å². The minimum atomic E-state index is -4.48. The normalized spacial score (nSPS) is 11.8. The molecular formula is C14H8F3N3O. The van der Waals surface area contributed by atoms with Crippen LogP contribution in [0.15, 0.2) is 47.4 Å². The summed E-state index contributed by atoms with van der Waals surface area (Å²) in [5.41, 5.74) is -0.902. The molecular weight excluding hydrogens is 283 g/mol. The van der Waals surface area contributed by atoms with Gasteiger partial charge in [-0.05, 0) is 24.3 Å². The predicted octanol–water partition coefficient (Wildman–Crippen LogP) is 3.00. The number of rotatable bonds is 1. The van der Waals surface area contributed by atoms with Crippen LogP contribution in [0, 0.1) is 0 Å². The van der Waals surface area contributed by atoms with Crippen molar-refractivity contribution >= 4 is 10.9 Å². The Kier molecular flexibility index (Phi) is 2.97. The van der Waals surface area contributed by atoms with Gasteiger partial charge in [-0.2, -0.15) is 13.2 Å². The fourth-order valence-electron chi connectivity index (χ4n) is 1.94. The van der Waals surface area contributed by atoms with Gasteiger partial charge < -0.3 is 4.98 Å². The molecule has 0 aliphatic carbocycles. The van der Waals surface area contributed by atoms with Gasteiger partial charge in [0.15, 0.2) is 5.82 Å². The predicted molar refractivity (Wildman–Crippen MR) is 70.6 cm³/mol. The average Bonchev–Trinajstić information content (AvgIpc) is 2.46. The first kappa shape index (κ1) is 13.3. The van der Waals surface area contributed by atoms with E-state index in [0.717, 1.165) is 18.3 Å². The SMILES string of the molecule is O=c1[nH]c(-c2cc(C(F)(F)F)ccn2)nc2ccccc12. The van der Waals surface area contributed by atoms with Crippen molar-refractivity contribution in [3.63, 3.8) is 0 Å². The van der Waals surface area contributed by atoms with Gasteiger partial charge in [-0.3, -0.25) is 9.78 Å². The highest BCUT2D eigenvalue weighted by Crippen LogP contribution is 2.30. The Morgan fingerprint density at radius 1 is 1.10 bits per heavy atom. The summed E-state index contributed by atoms with van der Waals surface area (Å²) < 4.78 is 38.1. The highest BCUT2D eigenvalue weighted by atomic mass is 19.4. The van der Waals surface area contributed by atoms with Gasteiger partial charge in [-0.15, -0.1) is 0 Å². The zero-order valence-electron chi connectivity index (χ0n) is 10.5. The summed E-state index contributed by atoms with van der Waals surface area (Å²) in [6.45, 7) is 0. The number of halogens is 3. The molecule has 106 valence electrons. The third-order valence-corrected chi connectivity index (χ3v) is 2.94. The van der Waals surface area contributed by atoms with Crippen molar-refractivity contribution in [3.05, 3.63) is 58.5 Å². The first-order valence-corrected chi connectivity index (χ1v) is 5.98.